The fourth-order valence-electron chi connectivity index (χ4n) is 1.45. The van der Waals surface area contributed by atoms with Gasteiger partial charge in [-0.05, 0) is 34.7 Å². The molecule has 6 heteroatoms. The lowest BCUT2D eigenvalue weighted by Gasteiger charge is -2.11. The van der Waals surface area contributed by atoms with E-state index in [1.54, 1.807) is 18.3 Å². The summed E-state index contributed by atoms with van der Waals surface area (Å²) in [6.45, 7) is 2.74. The maximum absolute atomic E-state index is 11.4. The Hall–Kier alpha value is -1.56. The Labute approximate surface area is 110 Å². The van der Waals surface area contributed by atoms with E-state index in [2.05, 4.69) is 16.0 Å². The van der Waals surface area contributed by atoms with Crippen LogP contribution in [0.1, 0.15) is 18.9 Å². The molecule has 0 spiro atoms. The number of carboxylic acids is 1. The summed E-state index contributed by atoms with van der Waals surface area (Å²) >= 11 is 1.63. The van der Waals surface area contributed by atoms with E-state index in [0.29, 0.717) is 13.1 Å². The van der Waals surface area contributed by atoms with Crippen LogP contribution in [0.5, 0.6) is 0 Å². The van der Waals surface area contributed by atoms with Crippen LogP contribution in [0.2, 0.25) is 0 Å². The van der Waals surface area contributed by atoms with Crippen molar-refractivity contribution in [2.75, 3.05) is 13.1 Å². The third-order valence-electron chi connectivity index (χ3n) is 2.41. The van der Waals surface area contributed by atoms with E-state index in [-0.39, 0.29) is 18.4 Å². The highest BCUT2D eigenvalue weighted by molar-refractivity contribution is 7.07. The minimum absolute atomic E-state index is 0.0647. The highest BCUT2D eigenvalue weighted by Crippen LogP contribution is 2.05. The van der Waals surface area contributed by atoms with Gasteiger partial charge in [0.15, 0.2) is 0 Å². The number of urea groups is 1. The number of rotatable bonds is 7. The third-order valence-corrected chi connectivity index (χ3v) is 3.15. The first kappa shape index (κ1) is 14.5. The molecule has 0 saturated heterocycles. The van der Waals surface area contributed by atoms with Gasteiger partial charge in [0.25, 0.3) is 0 Å². The summed E-state index contributed by atoms with van der Waals surface area (Å²) in [4.78, 5) is 21.8. The van der Waals surface area contributed by atoms with Gasteiger partial charge in [0.1, 0.15) is 0 Å². The van der Waals surface area contributed by atoms with Crippen LogP contribution >= 0.6 is 11.3 Å². The quantitative estimate of drug-likeness (QED) is 0.705. The number of hydrogen-bond acceptors (Lipinski definition) is 3. The predicted octanol–water partition coefficient (Wildman–Crippen LogP) is 1.70. The zero-order valence-corrected chi connectivity index (χ0v) is 11.1. The van der Waals surface area contributed by atoms with Crippen LogP contribution in [0.15, 0.2) is 16.8 Å². The molecule has 0 aliphatic rings. The first-order valence-electron chi connectivity index (χ1n) is 5.82. The van der Waals surface area contributed by atoms with Gasteiger partial charge >= 0.3 is 12.0 Å². The molecule has 100 valence electrons. The summed E-state index contributed by atoms with van der Waals surface area (Å²) < 4.78 is 0. The molecule has 2 amide bonds. The van der Waals surface area contributed by atoms with Gasteiger partial charge in [-0.2, -0.15) is 11.3 Å². The standard InChI is InChI=1S/C12H18N2O3S/c1-9(6-11(15)16)7-14-12(17)13-4-2-10-3-5-18-8-10/h3,5,8-9H,2,4,6-7H2,1H3,(H,15,16)(H2,13,14,17). The van der Waals surface area contributed by atoms with E-state index in [4.69, 9.17) is 5.11 Å². The monoisotopic (exact) mass is 270 g/mol. The van der Waals surface area contributed by atoms with Gasteiger partial charge in [-0.25, -0.2) is 4.79 Å². The summed E-state index contributed by atoms with van der Waals surface area (Å²) in [6.07, 6.45) is 0.872. The van der Waals surface area contributed by atoms with Crippen molar-refractivity contribution in [3.05, 3.63) is 22.4 Å². The van der Waals surface area contributed by atoms with Gasteiger partial charge in [0.05, 0.1) is 0 Å². The average Bonchev–Trinajstić information content (AvgIpc) is 2.78. The highest BCUT2D eigenvalue weighted by atomic mass is 32.1. The molecule has 0 fully saturated rings. The van der Waals surface area contributed by atoms with Crippen LogP contribution in [0.3, 0.4) is 0 Å². The Morgan fingerprint density at radius 3 is 2.83 bits per heavy atom. The van der Waals surface area contributed by atoms with Gasteiger partial charge in [-0.15, -0.1) is 0 Å². The second-order valence-corrected chi connectivity index (χ2v) is 5.00. The molecule has 0 radical (unpaired) electrons. The van der Waals surface area contributed by atoms with Crippen molar-refractivity contribution in [2.24, 2.45) is 5.92 Å². The van der Waals surface area contributed by atoms with Crippen molar-refractivity contribution < 1.29 is 14.7 Å². The summed E-state index contributed by atoms with van der Waals surface area (Å²) in [7, 11) is 0. The van der Waals surface area contributed by atoms with Crippen LogP contribution < -0.4 is 10.6 Å². The molecule has 1 unspecified atom stereocenters. The van der Waals surface area contributed by atoms with Crippen molar-refractivity contribution in [2.45, 2.75) is 19.8 Å². The summed E-state index contributed by atoms with van der Waals surface area (Å²) in [6, 6.07) is 1.78. The summed E-state index contributed by atoms with van der Waals surface area (Å²) in [5, 5.41) is 18.0. The Balaban J connectivity index is 2.08. The van der Waals surface area contributed by atoms with Gasteiger partial charge in [0, 0.05) is 19.5 Å². The van der Waals surface area contributed by atoms with Gasteiger partial charge in [-0.1, -0.05) is 6.92 Å². The minimum atomic E-state index is -0.845. The third kappa shape index (κ3) is 6.24. The molecule has 0 aliphatic carbocycles. The molecule has 3 N–H and O–H groups in total. The number of aliphatic carboxylic acids is 1. The SMILES string of the molecule is CC(CNC(=O)NCCc1ccsc1)CC(=O)O. The topological polar surface area (TPSA) is 78.4 Å². The molecule has 5 nitrogen and oxygen atoms in total. The van der Waals surface area contributed by atoms with Crippen molar-refractivity contribution >= 4 is 23.3 Å². The summed E-state index contributed by atoms with van der Waals surface area (Å²) in [5.74, 6) is -0.910. The normalized spacial score (nSPS) is 11.8. The first-order chi connectivity index (χ1) is 8.58. The van der Waals surface area contributed by atoms with Crippen molar-refractivity contribution in [1.29, 1.82) is 0 Å². The number of carbonyl (C=O) groups excluding carboxylic acids is 1. The number of amides is 2. The van der Waals surface area contributed by atoms with E-state index in [0.717, 1.165) is 6.42 Å². The Kier molecular flexibility index (Phi) is 6.21. The number of hydrogen-bond donors (Lipinski definition) is 3. The molecule has 0 bridgehead atoms. The molecule has 1 rings (SSSR count). The van der Waals surface area contributed by atoms with Gasteiger partial charge in [-0.3, -0.25) is 4.79 Å². The maximum atomic E-state index is 11.4. The molecule has 0 saturated carbocycles. The Morgan fingerprint density at radius 1 is 1.44 bits per heavy atom. The Morgan fingerprint density at radius 2 is 2.22 bits per heavy atom. The fourth-order valence-corrected chi connectivity index (χ4v) is 2.16. The largest absolute Gasteiger partial charge is 0.481 e. The van der Waals surface area contributed by atoms with Crippen LogP contribution in [0.25, 0.3) is 0 Å². The number of carboxylic acid groups (broad SMARTS) is 1. The maximum Gasteiger partial charge on any atom is 0.314 e. The molecule has 0 aromatic carbocycles. The van der Waals surface area contributed by atoms with Gasteiger partial charge < -0.3 is 15.7 Å². The molecule has 1 aromatic rings. The van der Waals surface area contributed by atoms with Crippen molar-refractivity contribution in [3.8, 4) is 0 Å². The first-order valence-corrected chi connectivity index (χ1v) is 6.76. The molecular formula is C12H18N2O3S. The molecule has 18 heavy (non-hydrogen) atoms. The van der Waals surface area contributed by atoms with Crippen LogP contribution in [-0.4, -0.2) is 30.2 Å². The predicted molar refractivity (Wildman–Crippen MR) is 70.8 cm³/mol. The number of carbonyl (C=O) groups is 2. The van der Waals surface area contributed by atoms with Crippen molar-refractivity contribution in [3.63, 3.8) is 0 Å². The molecule has 1 aromatic heterocycles. The van der Waals surface area contributed by atoms with Crippen LogP contribution in [-0.2, 0) is 11.2 Å². The molecule has 1 atom stereocenters. The summed E-state index contributed by atoms with van der Waals surface area (Å²) in [5.41, 5.74) is 1.21. The zero-order chi connectivity index (χ0) is 13.4. The van der Waals surface area contributed by atoms with E-state index >= 15 is 0 Å². The second kappa shape index (κ2) is 7.71. The number of nitrogens with one attached hydrogen (secondary N) is 2. The van der Waals surface area contributed by atoms with Crippen molar-refractivity contribution in [1.82, 2.24) is 10.6 Å². The van der Waals surface area contributed by atoms with Gasteiger partial charge in [0.2, 0.25) is 0 Å². The van der Waals surface area contributed by atoms with Crippen LogP contribution in [0.4, 0.5) is 4.79 Å². The smallest absolute Gasteiger partial charge is 0.314 e. The highest BCUT2D eigenvalue weighted by Gasteiger charge is 2.08. The fraction of sp³-hybridized carbons (Fsp3) is 0.500. The second-order valence-electron chi connectivity index (χ2n) is 4.22. The molecule has 0 aliphatic heterocycles. The average molecular weight is 270 g/mol. The number of thiophene rings is 1. The Bertz CT molecular complexity index is 379. The minimum Gasteiger partial charge on any atom is -0.481 e. The lowest BCUT2D eigenvalue weighted by Crippen LogP contribution is -2.39. The lowest BCUT2D eigenvalue weighted by molar-refractivity contribution is -0.137. The van der Waals surface area contributed by atoms with E-state index < -0.39 is 5.97 Å². The zero-order valence-electron chi connectivity index (χ0n) is 10.3. The molecule has 1 heterocycles. The van der Waals surface area contributed by atoms with E-state index in [1.165, 1.54) is 5.56 Å². The van der Waals surface area contributed by atoms with E-state index in [9.17, 15) is 9.59 Å². The van der Waals surface area contributed by atoms with E-state index in [1.807, 2.05) is 11.4 Å². The van der Waals surface area contributed by atoms with Crippen LogP contribution in [0, 0.1) is 5.92 Å². The lowest BCUT2D eigenvalue weighted by atomic mass is 10.1. The molecular weight excluding hydrogens is 252 g/mol.